The van der Waals surface area contributed by atoms with Crippen LogP contribution in [-0.2, 0) is 21.7 Å². The third-order valence-electron chi connectivity index (χ3n) is 15.4. The quantitative estimate of drug-likeness (QED) is 0.153. The zero-order valence-electron chi connectivity index (χ0n) is 45.0. The molecule has 0 radical (unpaired) electrons. The van der Waals surface area contributed by atoms with E-state index >= 15 is 0 Å². The van der Waals surface area contributed by atoms with Crippen molar-refractivity contribution in [3.8, 4) is 44.5 Å². The standard InChI is InChI=1S/C70H69BN2/c1-67(2,3)51-39-50(40-52(43-51)68(4,5)6)48-35-37-62-58(41-48)71-59-42-49(54-29-19-22-32-57(54)70(10,11)12)36-38-63(59)73(61-34-24-21-31-56(61)47-27-17-14-18-28-47)65-45-53(69(7,8)9)44-64(66(65)71)72(62)60-33-23-20-30-55(60)46-25-15-13-16-26-46/h13-45H,1-12H3. The minimum atomic E-state index is -0.163. The van der Waals surface area contributed by atoms with Gasteiger partial charge in [-0.3, -0.25) is 0 Å². The topological polar surface area (TPSA) is 6.48 Å². The molecule has 0 aliphatic carbocycles. The summed E-state index contributed by atoms with van der Waals surface area (Å²) in [5, 5.41) is 0. The van der Waals surface area contributed by atoms with Gasteiger partial charge in [-0.2, -0.15) is 0 Å². The lowest BCUT2D eigenvalue weighted by Gasteiger charge is -2.46. The van der Waals surface area contributed by atoms with E-state index in [0.29, 0.717) is 0 Å². The van der Waals surface area contributed by atoms with Gasteiger partial charge in [0.05, 0.1) is 11.4 Å². The third kappa shape index (κ3) is 8.61. The number of nitrogens with zero attached hydrogens (tertiary/aromatic N) is 2. The molecule has 0 spiro atoms. The van der Waals surface area contributed by atoms with Gasteiger partial charge in [-0.1, -0.05) is 247 Å². The molecule has 0 N–H and O–H groups in total. The maximum absolute atomic E-state index is 2.61. The van der Waals surface area contributed by atoms with Crippen LogP contribution < -0.4 is 26.2 Å². The lowest BCUT2D eigenvalue weighted by molar-refractivity contribution is 0.569. The van der Waals surface area contributed by atoms with Gasteiger partial charge >= 0.3 is 0 Å². The van der Waals surface area contributed by atoms with Crippen molar-refractivity contribution in [1.29, 1.82) is 0 Å². The molecule has 0 unspecified atom stereocenters. The molecule has 2 heterocycles. The molecular weight excluding hydrogens is 880 g/mol. The first-order chi connectivity index (χ1) is 34.8. The minimum Gasteiger partial charge on any atom is -0.311 e. The number of fused-ring (bicyclic) bond motifs is 4. The summed E-state index contributed by atoms with van der Waals surface area (Å²) in [4.78, 5) is 5.23. The number of hydrogen-bond donors (Lipinski definition) is 0. The first-order valence-electron chi connectivity index (χ1n) is 26.4. The van der Waals surface area contributed by atoms with E-state index in [1.165, 1.54) is 106 Å². The van der Waals surface area contributed by atoms with E-state index < -0.39 is 0 Å². The van der Waals surface area contributed by atoms with Gasteiger partial charge in [0.2, 0.25) is 0 Å². The summed E-state index contributed by atoms with van der Waals surface area (Å²) in [6.07, 6.45) is 0. The van der Waals surface area contributed by atoms with Crippen LogP contribution in [0.4, 0.5) is 34.1 Å². The Bertz CT molecular complexity index is 3510. The summed E-state index contributed by atoms with van der Waals surface area (Å²) >= 11 is 0. The fraction of sp³-hybridized carbons (Fsp3) is 0.229. The first-order valence-corrected chi connectivity index (χ1v) is 26.4. The Kier molecular flexibility index (Phi) is 11.6. The van der Waals surface area contributed by atoms with E-state index in [4.69, 9.17) is 0 Å². The Balaban J connectivity index is 1.29. The monoisotopic (exact) mass is 949 g/mol. The number of para-hydroxylation sites is 2. The predicted octanol–water partition coefficient (Wildman–Crippen LogP) is 17.6. The van der Waals surface area contributed by atoms with Crippen LogP contribution in [0.2, 0.25) is 0 Å². The number of anilines is 6. The highest BCUT2D eigenvalue weighted by Gasteiger charge is 2.45. The van der Waals surface area contributed by atoms with Gasteiger partial charge in [0.15, 0.2) is 0 Å². The predicted molar refractivity (Wildman–Crippen MR) is 317 cm³/mol. The summed E-state index contributed by atoms with van der Waals surface area (Å²) in [7, 11) is 0. The Morgan fingerprint density at radius 1 is 0.274 bits per heavy atom. The smallest absolute Gasteiger partial charge is 0.252 e. The van der Waals surface area contributed by atoms with Crippen LogP contribution in [0.1, 0.15) is 105 Å². The summed E-state index contributed by atoms with van der Waals surface area (Å²) < 4.78 is 0. The molecule has 0 bridgehead atoms. The van der Waals surface area contributed by atoms with Crippen LogP contribution in [0, 0.1) is 0 Å². The van der Waals surface area contributed by atoms with Crippen molar-refractivity contribution in [3.05, 3.63) is 222 Å². The molecule has 2 aliphatic heterocycles. The van der Waals surface area contributed by atoms with Crippen molar-refractivity contribution in [2.75, 3.05) is 9.80 Å². The average molecular weight is 949 g/mol. The van der Waals surface area contributed by atoms with Crippen molar-refractivity contribution in [1.82, 2.24) is 0 Å². The Hall–Kier alpha value is -7.36. The second-order valence-corrected chi connectivity index (χ2v) is 24.7. The maximum Gasteiger partial charge on any atom is 0.252 e. The van der Waals surface area contributed by atoms with Crippen molar-refractivity contribution in [2.24, 2.45) is 0 Å². The zero-order valence-corrected chi connectivity index (χ0v) is 45.0. The van der Waals surface area contributed by atoms with E-state index in [1.807, 2.05) is 0 Å². The summed E-state index contributed by atoms with van der Waals surface area (Å²) in [6, 6.07) is 76.1. The molecule has 0 amide bonds. The van der Waals surface area contributed by atoms with E-state index in [1.54, 1.807) is 0 Å². The molecule has 0 fully saturated rings. The highest BCUT2D eigenvalue weighted by Crippen LogP contribution is 2.50. The van der Waals surface area contributed by atoms with E-state index in [2.05, 4.69) is 293 Å². The molecule has 362 valence electrons. The SMILES string of the molecule is CC(C)(C)c1cc(-c2ccc3c(c2)B2c4cc(-c5ccccc5C(C)(C)C)ccc4N(c4ccccc4-c4ccccc4)c4cc(C(C)(C)C)cc(c42)N3c2ccccc2-c2ccccc2)cc(C(C)(C)C)c1. The molecule has 0 atom stereocenters. The molecule has 9 aromatic carbocycles. The molecule has 0 saturated heterocycles. The summed E-state index contributed by atoms with van der Waals surface area (Å²) in [5.41, 5.74) is 25.9. The van der Waals surface area contributed by atoms with Gasteiger partial charge in [0.25, 0.3) is 6.71 Å². The van der Waals surface area contributed by atoms with E-state index in [0.717, 1.165) is 11.4 Å². The lowest BCUT2D eigenvalue weighted by Crippen LogP contribution is -2.61. The molecule has 0 saturated carbocycles. The van der Waals surface area contributed by atoms with Gasteiger partial charge in [-0.25, -0.2) is 0 Å². The highest BCUT2D eigenvalue weighted by atomic mass is 15.2. The van der Waals surface area contributed by atoms with Gasteiger partial charge in [-0.05, 0) is 130 Å². The molecule has 0 aromatic heterocycles. The maximum atomic E-state index is 2.61. The second-order valence-electron chi connectivity index (χ2n) is 24.7. The fourth-order valence-electron chi connectivity index (χ4n) is 11.4. The normalized spacial score (nSPS) is 13.4. The fourth-order valence-corrected chi connectivity index (χ4v) is 11.4. The van der Waals surface area contributed by atoms with Crippen molar-refractivity contribution < 1.29 is 0 Å². The first kappa shape index (κ1) is 47.9. The molecule has 73 heavy (non-hydrogen) atoms. The van der Waals surface area contributed by atoms with Crippen LogP contribution in [-0.4, -0.2) is 6.71 Å². The Labute approximate surface area is 436 Å². The highest BCUT2D eigenvalue weighted by molar-refractivity contribution is 7.00. The van der Waals surface area contributed by atoms with Crippen LogP contribution in [0.5, 0.6) is 0 Å². The Morgan fingerprint density at radius 2 is 0.671 bits per heavy atom. The molecular formula is C70H69BN2. The zero-order chi connectivity index (χ0) is 51.2. The molecule has 11 rings (SSSR count). The van der Waals surface area contributed by atoms with Crippen molar-refractivity contribution >= 4 is 57.2 Å². The largest absolute Gasteiger partial charge is 0.311 e. The minimum absolute atomic E-state index is 0.0255. The van der Waals surface area contributed by atoms with Crippen LogP contribution in [0.3, 0.4) is 0 Å². The van der Waals surface area contributed by atoms with E-state index in [-0.39, 0.29) is 28.4 Å². The van der Waals surface area contributed by atoms with Crippen molar-refractivity contribution in [2.45, 2.75) is 105 Å². The van der Waals surface area contributed by atoms with Gasteiger partial charge in [-0.15, -0.1) is 0 Å². The molecule has 9 aromatic rings. The van der Waals surface area contributed by atoms with Gasteiger partial charge in [0, 0.05) is 33.9 Å². The Morgan fingerprint density at radius 3 is 1.14 bits per heavy atom. The van der Waals surface area contributed by atoms with Crippen molar-refractivity contribution in [3.63, 3.8) is 0 Å². The lowest BCUT2D eigenvalue weighted by atomic mass is 9.33. The number of hydrogen-bond acceptors (Lipinski definition) is 2. The summed E-state index contributed by atoms with van der Waals surface area (Å²) in [5.74, 6) is 0. The van der Waals surface area contributed by atoms with Gasteiger partial charge in [0.1, 0.15) is 0 Å². The number of rotatable bonds is 6. The number of benzene rings is 9. The van der Waals surface area contributed by atoms with Gasteiger partial charge < -0.3 is 9.80 Å². The molecule has 2 aliphatic rings. The van der Waals surface area contributed by atoms with E-state index in [9.17, 15) is 0 Å². The third-order valence-corrected chi connectivity index (χ3v) is 15.4. The van der Waals surface area contributed by atoms with Crippen LogP contribution in [0.15, 0.2) is 200 Å². The average Bonchev–Trinajstić information content (AvgIpc) is 3.37. The summed E-state index contributed by atoms with van der Waals surface area (Å²) in [6.45, 7) is 28.0. The molecule has 3 heteroatoms. The second kappa shape index (κ2) is 17.7. The van der Waals surface area contributed by atoms with Crippen LogP contribution in [0.25, 0.3) is 44.5 Å². The van der Waals surface area contributed by atoms with Crippen LogP contribution >= 0.6 is 0 Å². The molecule has 2 nitrogen and oxygen atoms in total.